The third-order valence-corrected chi connectivity index (χ3v) is 3.87. The number of pyridine rings is 2. The summed E-state index contributed by atoms with van der Waals surface area (Å²) in [5.41, 5.74) is 3.80. The van der Waals surface area contributed by atoms with Crippen molar-refractivity contribution in [2.45, 2.75) is 13.1 Å². The molecule has 0 aliphatic rings. The molecule has 0 radical (unpaired) electrons. The Labute approximate surface area is 151 Å². The lowest BCUT2D eigenvalue weighted by molar-refractivity contribution is 0.240. The molecule has 2 aromatic heterocycles. The van der Waals surface area contributed by atoms with E-state index in [9.17, 15) is 4.79 Å². The van der Waals surface area contributed by atoms with Crippen molar-refractivity contribution in [3.8, 4) is 11.3 Å². The average Bonchev–Trinajstić information content (AvgIpc) is 2.67. The standard InChI is InChI=1S/C19H17ClN4O/c20-17-3-1-14(2-4-17)12-23-19(25)24-13-15-5-10-22-18(11-15)16-6-8-21-9-7-16/h1-11H,12-13H2,(H2,23,24,25). The van der Waals surface area contributed by atoms with Crippen LogP contribution in [0.3, 0.4) is 0 Å². The molecule has 0 atom stereocenters. The number of carbonyl (C=O) groups excluding carboxylic acids is 1. The topological polar surface area (TPSA) is 66.9 Å². The molecule has 3 rings (SSSR count). The van der Waals surface area contributed by atoms with Crippen LogP contribution in [0.15, 0.2) is 67.1 Å². The SMILES string of the molecule is O=C(NCc1ccc(Cl)cc1)NCc1ccnc(-c2ccncc2)c1. The summed E-state index contributed by atoms with van der Waals surface area (Å²) < 4.78 is 0. The van der Waals surface area contributed by atoms with Gasteiger partial charge in [0.05, 0.1) is 5.69 Å². The van der Waals surface area contributed by atoms with Crippen LogP contribution in [0.4, 0.5) is 4.79 Å². The zero-order valence-electron chi connectivity index (χ0n) is 13.4. The first-order valence-electron chi connectivity index (χ1n) is 7.82. The van der Waals surface area contributed by atoms with Crippen molar-refractivity contribution < 1.29 is 4.79 Å². The van der Waals surface area contributed by atoms with Crippen LogP contribution in [0.25, 0.3) is 11.3 Å². The smallest absolute Gasteiger partial charge is 0.315 e. The maximum Gasteiger partial charge on any atom is 0.315 e. The first-order chi connectivity index (χ1) is 12.2. The quantitative estimate of drug-likeness (QED) is 0.734. The fraction of sp³-hybridized carbons (Fsp3) is 0.105. The van der Waals surface area contributed by atoms with Crippen molar-refractivity contribution in [3.05, 3.63) is 83.3 Å². The molecule has 2 N–H and O–H groups in total. The van der Waals surface area contributed by atoms with E-state index in [2.05, 4.69) is 20.6 Å². The number of nitrogens with one attached hydrogen (secondary N) is 2. The number of rotatable bonds is 5. The molecule has 5 nitrogen and oxygen atoms in total. The molecular weight excluding hydrogens is 336 g/mol. The molecule has 1 aromatic carbocycles. The maximum absolute atomic E-state index is 11.9. The molecule has 2 amide bonds. The van der Waals surface area contributed by atoms with E-state index in [4.69, 9.17) is 11.6 Å². The van der Waals surface area contributed by atoms with Crippen LogP contribution in [-0.2, 0) is 13.1 Å². The third-order valence-electron chi connectivity index (χ3n) is 3.62. The van der Waals surface area contributed by atoms with E-state index in [0.717, 1.165) is 22.4 Å². The van der Waals surface area contributed by atoms with Gasteiger partial charge in [0, 0.05) is 42.3 Å². The van der Waals surface area contributed by atoms with Gasteiger partial charge in [0.15, 0.2) is 0 Å². The normalized spacial score (nSPS) is 10.3. The van der Waals surface area contributed by atoms with Gasteiger partial charge in [0.2, 0.25) is 0 Å². The molecule has 3 aromatic rings. The molecular formula is C19H17ClN4O. The highest BCUT2D eigenvalue weighted by Gasteiger charge is 2.03. The van der Waals surface area contributed by atoms with Crippen LogP contribution < -0.4 is 10.6 Å². The largest absolute Gasteiger partial charge is 0.334 e. The predicted octanol–water partition coefficient (Wildman–Crippen LogP) is 3.80. The van der Waals surface area contributed by atoms with Crippen LogP contribution in [0.1, 0.15) is 11.1 Å². The molecule has 2 heterocycles. The fourth-order valence-corrected chi connectivity index (χ4v) is 2.42. The minimum atomic E-state index is -0.225. The Hall–Kier alpha value is -2.92. The molecule has 0 fully saturated rings. The summed E-state index contributed by atoms with van der Waals surface area (Å²) in [6, 6.07) is 14.8. The lowest BCUT2D eigenvalue weighted by Crippen LogP contribution is -2.34. The van der Waals surface area contributed by atoms with Gasteiger partial charge in [-0.25, -0.2) is 4.79 Å². The van der Waals surface area contributed by atoms with Crippen molar-refractivity contribution in [3.63, 3.8) is 0 Å². The molecule has 0 saturated carbocycles. The minimum absolute atomic E-state index is 0.225. The van der Waals surface area contributed by atoms with Crippen LogP contribution in [0.2, 0.25) is 5.02 Å². The van der Waals surface area contributed by atoms with Gasteiger partial charge >= 0.3 is 6.03 Å². The number of carbonyl (C=O) groups is 1. The Bertz CT molecular complexity index is 838. The van der Waals surface area contributed by atoms with Gasteiger partial charge in [-0.2, -0.15) is 0 Å². The van der Waals surface area contributed by atoms with E-state index in [1.165, 1.54) is 0 Å². The van der Waals surface area contributed by atoms with E-state index in [1.54, 1.807) is 30.7 Å². The van der Waals surface area contributed by atoms with Crippen molar-refractivity contribution in [1.29, 1.82) is 0 Å². The Balaban J connectivity index is 1.53. The minimum Gasteiger partial charge on any atom is -0.334 e. The lowest BCUT2D eigenvalue weighted by Gasteiger charge is -2.09. The summed E-state index contributed by atoms with van der Waals surface area (Å²) in [5.74, 6) is 0. The monoisotopic (exact) mass is 352 g/mol. The molecule has 6 heteroatoms. The summed E-state index contributed by atoms with van der Waals surface area (Å²) in [5, 5.41) is 6.34. The number of halogens is 1. The number of benzene rings is 1. The lowest BCUT2D eigenvalue weighted by atomic mass is 10.1. The number of hydrogen-bond acceptors (Lipinski definition) is 3. The highest BCUT2D eigenvalue weighted by atomic mass is 35.5. The molecule has 126 valence electrons. The average molecular weight is 353 g/mol. The maximum atomic E-state index is 11.9. The first kappa shape index (κ1) is 16.9. The van der Waals surface area contributed by atoms with Crippen molar-refractivity contribution >= 4 is 17.6 Å². The fourth-order valence-electron chi connectivity index (χ4n) is 2.29. The highest BCUT2D eigenvalue weighted by molar-refractivity contribution is 6.30. The van der Waals surface area contributed by atoms with E-state index in [0.29, 0.717) is 18.1 Å². The van der Waals surface area contributed by atoms with E-state index < -0.39 is 0 Å². The summed E-state index contributed by atoms with van der Waals surface area (Å²) >= 11 is 5.84. The molecule has 0 spiro atoms. The number of amides is 2. The van der Waals surface area contributed by atoms with Gasteiger partial charge in [-0.1, -0.05) is 23.7 Å². The van der Waals surface area contributed by atoms with Crippen molar-refractivity contribution in [1.82, 2.24) is 20.6 Å². The zero-order chi connectivity index (χ0) is 17.5. The highest BCUT2D eigenvalue weighted by Crippen LogP contribution is 2.16. The van der Waals surface area contributed by atoms with E-state index in [-0.39, 0.29) is 6.03 Å². The third kappa shape index (κ3) is 5.02. The molecule has 0 aliphatic carbocycles. The van der Waals surface area contributed by atoms with Crippen LogP contribution in [0, 0.1) is 0 Å². The molecule has 0 bridgehead atoms. The molecule has 0 unspecified atom stereocenters. The van der Waals surface area contributed by atoms with Crippen LogP contribution in [-0.4, -0.2) is 16.0 Å². The second kappa shape index (κ2) is 8.26. The van der Waals surface area contributed by atoms with Crippen molar-refractivity contribution in [2.24, 2.45) is 0 Å². The van der Waals surface area contributed by atoms with Gasteiger partial charge in [0.25, 0.3) is 0 Å². The Kier molecular flexibility index (Phi) is 5.59. The number of urea groups is 1. The van der Waals surface area contributed by atoms with E-state index >= 15 is 0 Å². The molecule has 0 saturated heterocycles. The predicted molar refractivity (Wildman–Crippen MR) is 98.0 cm³/mol. The van der Waals surface area contributed by atoms with E-state index in [1.807, 2.05) is 36.4 Å². The zero-order valence-corrected chi connectivity index (χ0v) is 14.2. The second-order valence-corrected chi connectivity index (χ2v) is 5.88. The van der Waals surface area contributed by atoms with Crippen LogP contribution in [0.5, 0.6) is 0 Å². The Morgan fingerprint density at radius 2 is 1.56 bits per heavy atom. The summed E-state index contributed by atoms with van der Waals surface area (Å²) in [6.45, 7) is 0.870. The summed E-state index contributed by atoms with van der Waals surface area (Å²) in [6.07, 6.45) is 5.19. The first-order valence-corrected chi connectivity index (χ1v) is 8.20. The second-order valence-electron chi connectivity index (χ2n) is 5.45. The van der Waals surface area contributed by atoms with Gasteiger partial charge < -0.3 is 10.6 Å². The summed E-state index contributed by atoms with van der Waals surface area (Å²) in [4.78, 5) is 20.3. The Morgan fingerprint density at radius 1 is 0.880 bits per heavy atom. The number of nitrogens with zero attached hydrogens (tertiary/aromatic N) is 2. The molecule has 0 aliphatic heterocycles. The van der Waals surface area contributed by atoms with Crippen LogP contribution >= 0.6 is 11.6 Å². The van der Waals surface area contributed by atoms with Gasteiger partial charge in [-0.05, 0) is 47.5 Å². The number of hydrogen-bond donors (Lipinski definition) is 2. The Morgan fingerprint density at radius 3 is 2.28 bits per heavy atom. The van der Waals surface area contributed by atoms with Gasteiger partial charge in [-0.15, -0.1) is 0 Å². The van der Waals surface area contributed by atoms with Gasteiger partial charge in [0.1, 0.15) is 0 Å². The molecule has 25 heavy (non-hydrogen) atoms. The summed E-state index contributed by atoms with van der Waals surface area (Å²) in [7, 11) is 0. The number of aromatic nitrogens is 2. The van der Waals surface area contributed by atoms with Gasteiger partial charge in [-0.3, -0.25) is 9.97 Å². The van der Waals surface area contributed by atoms with Crippen molar-refractivity contribution in [2.75, 3.05) is 0 Å².